The van der Waals surface area contributed by atoms with Gasteiger partial charge in [-0.2, -0.15) is 0 Å². The van der Waals surface area contributed by atoms with Crippen molar-refractivity contribution in [2.75, 3.05) is 20.3 Å². The van der Waals surface area contributed by atoms with Crippen LogP contribution in [0.2, 0.25) is 0 Å². The van der Waals surface area contributed by atoms with Crippen LogP contribution in [-0.4, -0.2) is 32.5 Å². The molecule has 1 saturated heterocycles. The second-order valence-corrected chi connectivity index (χ2v) is 3.15. The topological polar surface area (TPSA) is 44.5 Å². The quantitative estimate of drug-likeness (QED) is 0.647. The average Bonchev–Trinajstić information content (AvgIpc) is 2.36. The molecule has 3 nitrogen and oxygen atoms in total. The van der Waals surface area contributed by atoms with E-state index in [2.05, 4.69) is 6.92 Å². The van der Waals surface area contributed by atoms with Crippen LogP contribution in [0.4, 0.5) is 0 Å². The van der Waals surface area contributed by atoms with Crippen LogP contribution in [0.25, 0.3) is 0 Å². The van der Waals surface area contributed by atoms with Gasteiger partial charge in [0.05, 0.1) is 12.7 Å². The second-order valence-electron chi connectivity index (χ2n) is 3.15. The first-order chi connectivity index (χ1) is 5.25. The molecule has 0 aromatic carbocycles. The maximum Gasteiger partial charge on any atom is 0.0617 e. The van der Waals surface area contributed by atoms with Gasteiger partial charge in [-0.05, 0) is 13.3 Å². The SMILES string of the molecule is COCC(N)C1CCOC1C. The van der Waals surface area contributed by atoms with Crippen molar-refractivity contribution in [3.63, 3.8) is 0 Å². The van der Waals surface area contributed by atoms with Crippen molar-refractivity contribution in [3.05, 3.63) is 0 Å². The highest BCUT2D eigenvalue weighted by atomic mass is 16.5. The van der Waals surface area contributed by atoms with E-state index in [-0.39, 0.29) is 6.04 Å². The van der Waals surface area contributed by atoms with E-state index in [9.17, 15) is 0 Å². The highest BCUT2D eigenvalue weighted by molar-refractivity contribution is 4.81. The summed E-state index contributed by atoms with van der Waals surface area (Å²) in [6.45, 7) is 3.56. The van der Waals surface area contributed by atoms with Crippen LogP contribution in [0.5, 0.6) is 0 Å². The Kier molecular flexibility index (Phi) is 3.30. The highest BCUT2D eigenvalue weighted by Crippen LogP contribution is 2.22. The summed E-state index contributed by atoms with van der Waals surface area (Å²) in [5.41, 5.74) is 5.87. The van der Waals surface area contributed by atoms with Gasteiger partial charge < -0.3 is 15.2 Å². The van der Waals surface area contributed by atoms with E-state index < -0.39 is 0 Å². The minimum Gasteiger partial charge on any atom is -0.383 e. The molecule has 1 heterocycles. The molecule has 1 fully saturated rings. The predicted molar refractivity (Wildman–Crippen MR) is 43.4 cm³/mol. The van der Waals surface area contributed by atoms with Gasteiger partial charge in [-0.15, -0.1) is 0 Å². The Hall–Kier alpha value is -0.120. The fourth-order valence-electron chi connectivity index (χ4n) is 1.63. The maximum absolute atomic E-state index is 5.87. The normalized spacial score (nSPS) is 34.1. The lowest BCUT2D eigenvalue weighted by Gasteiger charge is -2.20. The summed E-state index contributed by atoms with van der Waals surface area (Å²) in [5, 5.41) is 0. The van der Waals surface area contributed by atoms with Gasteiger partial charge in [0.2, 0.25) is 0 Å². The molecule has 3 unspecified atom stereocenters. The first-order valence-corrected chi connectivity index (χ1v) is 4.12. The number of hydrogen-bond donors (Lipinski definition) is 1. The number of ether oxygens (including phenoxy) is 2. The molecule has 11 heavy (non-hydrogen) atoms. The molecule has 0 aromatic heterocycles. The van der Waals surface area contributed by atoms with Crippen molar-refractivity contribution in [1.82, 2.24) is 0 Å². The summed E-state index contributed by atoms with van der Waals surface area (Å²) in [5.74, 6) is 0.481. The molecular weight excluding hydrogens is 142 g/mol. The van der Waals surface area contributed by atoms with Crippen molar-refractivity contribution in [3.8, 4) is 0 Å². The van der Waals surface area contributed by atoms with E-state index in [1.165, 1.54) is 0 Å². The molecule has 0 spiro atoms. The molecule has 66 valence electrons. The largest absolute Gasteiger partial charge is 0.383 e. The summed E-state index contributed by atoms with van der Waals surface area (Å²) in [6.07, 6.45) is 1.38. The third kappa shape index (κ3) is 2.15. The molecule has 1 aliphatic heterocycles. The molecule has 3 atom stereocenters. The van der Waals surface area contributed by atoms with Gasteiger partial charge in [0.25, 0.3) is 0 Å². The Labute approximate surface area is 67.9 Å². The molecule has 0 radical (unpaired) electrons. The summed E-state index contributed by atoms with van der Waals surface area (Å²) >= 11 is 0. The third-order valence-corrected chi connectivity index (χ3v) is 2.34. The Morgan fingerprint density at radius 3 is 2.91 bits per heavy atom. The second kappa shape index (κ2) is 4.04. The first kappa shape index (κ1) is 8.97. The fraction of sp³-hybridized carbons (Fsp3) is 1.00. The Morgan fingerprint density at radius 1 is 1.73 bits per heavy atom. The van der Waals surface area contributed by atoms with Gasteiger partial charge in [-0.3, -0.25) is 0 Å². The molecule has 3 heteroatoms. The summed E-state index contributed by atoms with van der Waals surface area (Å²) in [4.78, 5) is 0. The monoisotopic (exact) mass is 159 g/mol. The predicted octanol–water partition coefficient (Wildman–Crippen LogP) is 0.385. The molecule has 0 aromatic rings. The molecule has 2 N–H and O–H groups in total. The number of nitrogens with two attached hydrogens (primary N) is 1. The lowest BCUT2D eigenvalue weighted by molar-refractivity contribution is 0.0833. The lowest BCUT2D eigenvalue weighted by atomic mass is 9.95. The zero-order valence-corrected chi connectivity index (χ0v) is 7.25. The smallest absolute Gasteiger partial charge is 0.0617 e. The van der Waals surface area contributed by atoms with Crippen LogP contribution >= 0.6 is 0 Å². The van der Waals surface area contributed by atoms with E-state index in [1.807, 2.05) is 0 Å². The van der Waals surface area contributed by atoms with Gasteiger partial charge in [-0.25, -0.2) is 0 Å². The van der Waals surface area contributed by atoms with Crippen LogP contribution < -0.4 is 5.73 Å². The average molecular weight is 159 g/mol. The van der Waals surface area contributed by atoms with Gasteiger partial charge in [0.1, 0.15) is 0 Å². The summed E-state index contributed by atoms with van der Waals surface area (Å²) < 4.78 is 10.4. The highest BCUT2D eigenvalue weighted by Gasteiger charge is 2.29. The van der Waals surface area contributed by atoms with Gasteiger partial charge in [0.15, 0.2) is 0 Å². The van der Waals surface area contributed by atoms with Crippen LogP contribution in [0.15, 0.2) is 0 Å². The number of rotatable bonds is 3. The van der Waals surface area contributed by atoms with E-state index in [0.717, 1.165) is 13.0 Å². The fourth-order valence-corrected chi connectivity index (χ4v) is 1.63. The van der Waals surface area contributed by atoms with E-state index in [0.29, 0.717) is 18.6 Å². The maximum atomic E-state index is 5.87. The Bertz CT molecular complexity index is 119. The van der Waals surface area contributed by atoms with Crippen LogP contribution in [-0.2, 0) is 9.47 Å². The molecular formula is C8H17NO2. The number of hydrogen-bond acceptors (Lipinski definition) is 3. The molecule has 0 aliphatic carbocycles. The van der Waals surface area contributed by atoms with Crippen LogP contribution in [0.3, 0.4) is 0 Å². The molecule has 1 aliphatic rings. The lowest BCUT2D eigenvalue weighted by Crippen LogP contribution is -2.37. The van der Waals surface area contributed by atoms with Crippen LogP contribution in [0, 0.1) is 5.92 Å². The minimum atomic E-state index is 0.137. The zero-order valence-electron chi connectivity index (χ0n) is 7.25. The van der Waals surface area contributed by atoms with Crippen LogP contribution in [0.1, 0.15) is 13.3 Å². The van der Waals surface area contributed by atoms with Gasteiger partial charge in [0, 0.05) is 25.7 Å². The van der Waals surface area contributed by atoms with Crippen molar-refractivity contribution < 1.29 is 9.47 Å². The van der Waals surface area contributed by atoms with Crippen molar-refractivity contribution in [1.29, 1.82) is 0 Å². The standard InChI is InChI=1S/C8H17NO2/c1-6-7(3-4-11-6)8(9)5-10-2/h6-8H,3-5,9H2,1-2H3. The third-order valence-electron chi connectivity index (χ3n) is 2.34. The van der Waals surface area contributed by atoms with Gasteiger partial charge >= 0.3 is 0 Å². The van der Waals surface area contributed by atoms with Crippen molar-refractivity contribution in [2.24, 2.45) is 11.7 Å². The molecule has 1 rings (SSSR count). The van der Waals surface area contributed by atoms with E-state index in [1.54, 1.807) is 7.11 Å². The molecule has 0 saturated carbocycles. The van der Waals surface area contributed by atoms with Crippen molar-refractivity contribution >= 4 is 0 Å². The summed E-state index contributed by atoms with van der Waals surface area (Å²) in [6, 6.07) is 0.137. The van der Waals surface area contributed by atoms with Gasteiger partial charge in [-0.1, -0.05) is 0 Å². The Morgan fingerprint density at radius 2 is 2.45 bits per heavy atom. The Balaban J connectivity index is 2.33. The molecule has 0 bridgehead atoms. The van der Waals surface area contributed by atoms with E-state index in [4.69, 9.17) is 15.2 Å². The minimum absolute atomic E-state index is 0.137. The summed E-state index contributed by atoms with van der Waals surface area (Å²) in [7, 11) is 1.68. The van der Waals surface area contributed by atoms with Crippen molar-refractivity contribution in [2.45, 2.75) is 25.5 Å². The first-order valence-electron chi connectivity index (χ1n) is 4.12. The zero-order chi connectivity index (χ0) is 8.27. The molecule has 0 amide bonds. The number of methoxy groups -OCH3 is 1. The van der Waals surface area contributed by atoms with E-state index >= 15 is 0 Å².